The first-order chi connectivity index (χ1) is 6.36. The molecule has 0 radical (unpaired) electrons. The third-order valence-corrected chi connectivity index (χ3v) is 9.01. The molecule has 0 saturated carbocycles. The Hall–Kier alpha value is 1.26. The van der Waals surface area contributed by atoms with Gasteiger partial charge in [0.15, 0.2) is 0 Å². The molecule has 0 nitrogen and oxygen atoms in total. The van der Waals surface area contributed by atoms with Gasteiger partial charge in [0.2, 0.25) is 0 Å². The Bertz CT molecular complexity index is 373. The van der Waals surface area contributed by atoms with Crippen molar-refractivity contribution >= 4 is 38.8 Å². The van der Waals surface area contributed by atoms with Crippen LogP contribution >= 0.6 is 38.8 Å². The monoisotopic (exact) mass is 378 g/mol. The molecule has 0 atom stereocenters. The topological polar surface area (TPSA) is 0 Å². The van der Waals surface area contributed by atoms with Crippen LogP contribution in [0.5, 0.6) is 0 Å². The van der Waals surface area contributed by atoms with Gasteiger partial charge in [-0.25, -0.2) is 0 Å². The summed E-state index contributed by atoms with van der Waals surface area (Å²) in [5.41, 5.74) is 3.25. The van der Waals surface area contributed by atoms with Crippen LogP contribution in [0.15, 0.2) is 20.9 Å². The van der Waals surface area contributed by atoms with Crippen molar-refractivity contribution in [1.82, 2.24) is 0 Å². The summed E-state index contributed by atoms with van der Waals surface area (Å²) in [6, 6.07) is 0. The Morgan fingerprint density at radius 2 is 1.27 bits per heavy atom. The number of hydrogen-bond donors (Lipinski definition) is 0. The van der Waals surface area contributed by atoms with Gasteiger partial charge in [0.25, 0.3) is 0 Å². The first kappa shape index (κ1) is 14.3. The molecule has 92 valence electrons. The summed E-state index contributed by atoms with van der Waals surface area (Å²) in [4.78, 5) is 0. The van der Waals surface area contributed by atoms with E-state index in [0.717, 1.165) is 9.74 Å². The van der Waals surface area contributed by atoms with Gasteiger partial charge in [-0.15, -0.1) is 0 Å². The molecular formula is C10H15Cl4Rh. The normalized spacial score (nSPS) is 24.5. The zero-order valence-electron chi connectivity index (χ0n) is 9.35. The van der Waals surface area contributed by atoms with E-state index in [2.05, 4.69) is 27.7 Å². The average molecular weight is 380 g/mol. The molecule has 0 bridgehead atoms. The Morgan fingerprint density at radius 3 is 1.40 bits per heavy atom. The predicted molar refractivity (Wildman–Crippen MR) is 68.3 cm³/mol. The maximum absolute atomic E-state index is 6.19. The van der Waals surface area contributed by atoms with Gasteiger partial charge in [-0.2, -0.15) is 0 Å². The first-order valence-electron chi connectivity index (χ1n) is 4.42. The van der Waals surface area contributed by atoms with E-state index in [1.165, 1.54) is 11.1 Å². The van der Waals surface area contributed by atoms with E-state index < -0.39 is 9.64 Å². The van der Waals surface area contributed by atoms with Gasteiger partial charge in [0.1, 0.15) is 0 Å². The Kier molecular flexibility index (Phi) is 3.46. The molecular weight excluding hydrogens is 365 g/mol. The van der Waals surface area contributed by atoms with Gasteiger partial charge in [-0.05, 0) is 0 Å². The quantitative estimate of drug-likeness (QED) is 0.494. The van der Waals surface area contributed by atoms with Crippen LogP contribution in [-0.2, 0) is 9.64 Å². The van der Waals surface area contributed by atoms with Gasteiger partial charge in [0.05, 0.1) is 0 Å². The number of allylic oxidation sites excluding steroid dienone is 4. The Labute approximate surface area is 109 Å². The van der Waals surface area contributed by atoms with Crippen molar-refractivity contribution in [2.24, 2.45) is 5.41 Å². The van der Waals surface area contributed by atoms with Crippen LogP contribution in [0.4, 0.5) is 0 Å². The second-order valence-electron chi connectivity index (χ2n) is 4.33. The van der Waals surface area contributed by atoms with Crippen LogP contribution in [-0.4, -0.2) is 0 Å². The van der Waals surface area contributed by atoms with Crippen LogP contribution in [0.1, 0.15) is 34.6 Å². The zero-order chi connectivity index (χ0) is 12.3. The molecule has 0 amide bonds. The van der Waals surface area contributed by atoms with Gasteiger partial charge in [0, 0.05) is 0 Å². The molecule has 0 aromatic rings. The molecule has 1 rings (SSSR count). The van der Waals surface area contributed by atoms with E-state index in [1.807, 2.05) is 6.92 Å². The molecule has 15 heavy (non-hydrogen) atoms. The van der Waals surface area contributed by atoms with E-state index in [1.54, 1.807) is 0 Å². The van der Waals surface area contributed by atoms with E-state index >= 15 is 0 Å². The molecule has 1 aliphatic rings. The van der Waals surface area contributed by atoms with Crippen molar-refractivity contribution in [3.8, 4) is 0 Å². The van der Waals surface area contributed by atoms with Crippen LogP contribution in [0.2, 0.25) is 0 Å². The Morgan fingerprint density at radius 1 is 0.867 bits per heavy atom. The fourth-order valence-corrected chi connectivity index (χ4v) is 11.1. The van der Waals surface area contributed by atoms with Crippen LogP contribution in [0.25, 0.3) is 0 Å². The summed E-state index contributed by atoms with van der Waals surface area (Å²) in [7, 11) is 20.5. The summed E-state index contributed by atoms with van der Waals surface area (Å²) in [5.74, 6) is 0. The zero-order valence-corrected chi connectivity index (χ0v) is 14.0. The predicted octanol–water partition coefficient (Wildman–Crippen LogP) is 5.94. The van der Waals surface area contributed by atoms with E-state index in [9.17, 15) is 0 Å². The van der Waals surface area contributed by atoms with Gasteiger partial charge >= 0.3 is 109 Å². The maximum atomic E-state index is 6.19. The number of halogens is 4. The molecule has 0 heterocycles. The van der Waals surface area contributed by atoms with Crippen LogP contribution in [0.3, 0.4) is 0 Å². The summed E-state index contributed by atoms with van der Waals surface area (Å²) < 4.78 is 0.826. The fraction of sp³-hybridized carbons (Fsp3) is 0.600. The Balaban J connectivity index is 3.50. The summed E-state index contributed by atoms with van der Waals surface area (Å²) in [6.45, 7) is 10.2. The standard InChI is InChI=1S/C10H15.4ClH.Rh/c1-7-6-10(4,5)9(3)8(7)2;;;;;/h1-5H3;4*1H;/q;;;;;+4/p-4. The summed E-state index contributed by atoms with van der Waals surface area (Å²) in [6.07, 6.45) is 0. The molecule has 0 aromatic carbocycles. The summed E-state index contributed by atoms with van der Waals surface area (Å²) in [5, 5.41) is 0. The SMILES string of the molecule is CC1=C(C)C(C)(C)[C]([Rh]([Cl])([Cl])([Cl])[Cl])=C1C. The van der Waals surface area contributed by atoms with Crippen LogP contribution < -0.4 is 0 Å². The molecule has 1 aliphatic carbocycles. The van der Waals surface area contributed by atoms with E-state index in [-0.39, 0.29) is 5.41 Å². The van der Waals surface area contributed by atoms with E-state index in [4.69, 9.17) is 38.8 Å². The van der Waals surface area contributed by atoms with Gasteiger partial charge in [-0.3, -0.25) is 0 Å². The molecule has 0 fully saturated rings. The third kappa shape index (κ3) is 2.43. The minimum absolute atomic E-state index is 0.234. The van der Waals surface area contributed by atoms with Crippen molar-refractivity contribution in [2.45, 2.75) is 34.6 Å². The summed E-state index contributed by atoms with van der Waals surface area (Å²) >= 11 is 0. The van der Waals surface area contributed by atoms with Crippen molar-refractivity contribution in [3.63, 3.8) is 0 Å². The third-order valence-electron chi connectivity index (χ3n) is 3.15. The molecule has 0 unspecified atom stereocenters. The van der Waals surface area contributed by atoms with Crippen molar-refractivity contribution in [2.75, 3.05) is 0 Å². The fourth-order valence-electron chi connectivity index (χ4n) is 2.04. The van der Waals surface area contributed by atoms with E-state index in [0.29, 0.717) is 0 Å². The molecule has 5 heteroatoms. The second-order valence-corrected chi connectivity index (χ2v) is 24.3. The molecule has 0 spiro atoms. The minimum atomic E-state index is -4.20. The van der Waals surface area contributed by atoms with Crippen LogP contribution in [0, 0.1) is 5.41 Å². The molecule has 0 saturated heterocycles. The van der Waals surface area contributed by atoms with Crippen molar-refractivity contribution in [1.29, 1.82) is 0 Å². The number of rotatable bonds is 1. The molecule has 0 aromatic heterocycles. The average Bonchev–Trinajstić information content (AvgIpc) is 2.08. The van der Waals surface area contributed by atoms with Crippen molar-refractivity contribution < 1.29 is 9.64 Å². The first-order valence-corrected chi connectivity index (χ1v) is 13.7. The van der Waals surface area contributed by atoms with Crippen molar-refractivity contribution in [3.05, 3.63) is 20.9 Å². The second kappa shape index (κ2) is 3.63. The van der Waals surface area contributed by atoms with Gasteiger partial charge in [-0.1, -0.05) is 0 Å². The number of hydrogen-bond acceptors (Lipinski definition) is 0. The molecule has 0 N–H and O–H groups in total. The van der Waals surface area contributed by atoms with Gasteiger partial charge < -0.3 is 0 Å². The molecule has 0 aliphatic heterocycles.